The molecule has 0 bridgehead atoms. The summed E-state index contributed by atoms with van der Waals surface area (Å²) in [5.41, 5.74) is 4.38. The third-order valence-electron chi connectivity index (χ3n) is 5.51. The van der Waals surface area contributed by atoms with Crippen LogP contribution in [-0.4, -0.2) is 41.3 Å². The zero-order valence-electron chi connectivity index (χ0n) is 16.3. The number of nitrogens with one attached hydrogen (secondary N) is 1. The minimum absolute atomic E-state index is 0.0850. The molecule has 3 heterocycles. The van der Waals surface area contributed by atoms with Crippen molar-refractivity contribution in [2.75, 3.05) is 18.6 Å². The van der Waals surface area contributed by atoms with Crippen molar-refractivity contribution in [2.24, 2.45) is 0 Å². The fraction of sp³-hybridized carbons (Fsp3) is 0.474. The largest absolute Gasteiger partial charge is 0.424 e. The van der Waals surface area contributed by atoms with E-state index in [-0.39, 0.29) is 23.3 Å². The van der Waals surface area contributed by atoms with Gasteiger partial charge in [0.25, 0.3) is 0 Å². The van der Waals surface area contributed by atoms with E-state index in [0.717, 1.165) is 27.4 Å². The number of nitrogens with zero attached hydrogens (tertiary/aromatic N) is 3. The Morgan fingerprint density at radius 1 is 1.29 bits per heavy atom. The Labute approximate surface area is 163 Å². The van der Waals surface area contributed by atoms with E-state index in [1.165, 1.54) is 0 Å². The summed E-state index contributed by atoms with van der Waals surface area (Å²) in [4.78, 5) is 13.3. The summed E-state index contributed by atoms with van der Waals surface area (Å²) in [5, 5.41) is 4.63. The molecular weight excluding hydrogens is 380 g/mol. The number of hydrogen-bond donors (Lipinski definition) is 1. The maximum absolute atomic E-state index is 12.2. The summed E-state index contributed by atoms with van der Waals surface area (Å²) in [7, 11) is -0.943. The molecule has 0 saturated carbocycles. The summed E-state index contributed by atoms with van der Waals surface area (Å²) in [6.07, 6.45) is 0.614. The number of quaternary nitrogens is 1. The lowest BCUT2D eigenvalue weighted by Crippen LogP contribution is -3.07. The number of aromatic nitrogens is 3. The number of benzene rings is 1. The molecule has 4 rings (SSSR count). The molecule has 3 aromatic rings. The highest BCUT2D eigenvalue weighted by atomic mass is 32.2. The Morgan fingerprint density at radius 3 is 2.75 bits per heavy atom. The number of oxazole rings is 1. The van der Waals surface area contributed by atoms with E-state index < -0.39 is 9.84 Å². The van der Waals surface area contributed by atoms with Crippen LogP contribution in [0.15, 0.2) is 33.5 Å². The van der Waals surface area contributed by atoms with E-state index in [4.69, 9.17) is 4.42 Å². The van der Waals surface area contributed by atoms with Gasteiger partial charge in [-0.25, -0.2) is 17.8 Å². The molecular formula is C19H25N4O4S+. The maximum Gasteiger partial charge on any atom is 0.424 e. The van der Waals surface area contributed by atoms with Gasteiger partial charge in [-0.15, -0.1) is 0 Å². The van der Waals surface area contributed by atoms with Crippen LogP contribution in [-0.2, 0) is 23.1 Å². The van der Waals surface area contributed by atoms with Gasteiger partial charge in [0, 0.05) is 5.69 Å². The normalized spacial score (nSPS) is 20.0. The topological polar surface area (TPSA) is 91.5 Å². The second kappa shape index (κ2) is 6.89. The molecule has 1 aliphatic heterocycles. The molecule has 0 spiro atoms. The Kier molecular flexibility index (Phi) is 4.67. The van der Waals surface area contributed by atoms with Gasteiger partial charge in [-0.1, -0.05) is 12.1 Å². The average molecular weight is 406 g/mol. The number of fused-ring (bicyclic) bond motifs is 1. The molecule has 0 amide bonds. The lowest BCUT2D eigenvalue weighted by atomic mass is 10.2. The van der Waals surface area contributed by atoms with Crippen LogP contribution in [0.3, 0.4) is 0 Å². The van der Waals surface area contributed by atoms with E-state index in [9.17, 15) is 13.2 Å². The second-order valence-electron chi connectivity index (χ2n) is 7.71. The number of hydrogen-bond acceptors (Lipinski definition) is 5. The van der Waals surface area contributed by atoms with Gasteiger partial charge in [0.05, 0.1) is 41.4 Å². The van der Waals surface area contributed by atoms with Crippen LogP contribution in [0, 0.1) is 13.8 Å². The zero-order chi connectivity index (χ0) is 20.1. The van der Waals surface area contributed by atoms with Crippen molar-refractivity contribution in [1.29, 1.82) is 0 Å². The van der Waals surface area contributed by atoms with Crippen molar-refractivity contribution < 1.29 is 17.7 Å². The van der Waals surface area contributed by atoms with Gasteiger partial charge in [-0.2, -0.15) is 5.10 Å². The highest BCUT2D eigenvalue weighted by molar-refractivity contribution is 7.91. The van der Waals surface area contributed by atoms with Crippen LogP contribution in [0.4, 0.5) is 0 Å². The quantitative estimate of drug-likeness (QED) is 0.665. The van der Waals surface area contributed by atoms with Crippen LogP contribution >= 0.6 is 0 Å². The SMILES string of the molecule is Cc1nn([C@H]2CCS(=O)(=O)C2)c(C)c1C[NH+](C)Cn1c(=O)oc2ccccc21. The Hall–Kier alpha value is -2.39. The molecule has 9 heteroatoms. The van der Waals surface area contributed by atoms with Gasteiger partial charge in [0.15, 0.2) is 22.1 Å². The van der Waals surface area contributed by atoms with Crippen molar-refractivity contribution in [3.05, 3.63) is 51.8 Å². The van der Waals surface area contributed by atoms with Gasteiger partial charge in [0.1, 0.15) is 6.54 Å². The predicted octanol–water partition coefficient (Wildman–Crippen LogP) is 0.440. The van der Waals surface area contributed by atoms with Gasteiger partial charge in [-0.3, -0.25) is 4.68 Å². The van der Waals surface area contributed by atoms with E-state index in [1.54, 1.807) is 10.6 Å². The average Bonchev–Trinajstić information content (AvgIpc) is 3.24. The fourth-order valence-electron chi connectivity index (χ4n) is 4.07. The van der Waals surface area contributed by atoms with Crippen molar-refractivity contribution in [1.82, 2.24) is 14.3 Å². The van der Waals surface area contributed by atoms with E-state index in [1.807, 2.05) is 43.8 Å². The first-order valence-electron chi connectivity index (χ1n) is 9.40. The van der Waals surface area contributed by atoms with E-state index >= 15 is 0 Å². The second-order valence-corrected chi connectivity index (χ2v) is 9.94. The van der Waals surface area contributed by atoms with Crippen LogP contribution in [0.1, 0.15) is 29.4 Å². The molecule has 0 radical (unpaired) electrons. The van der Waals surface area contributed by atoms with Crippen LogP contribution in [0.25, 0.3) is 11.1 Å². The summed E-state index contributed by atoms with van der Waals surface area (Å²) in [6, 6.07) is 7.31. The predicted molar refractivity (Wildman–Crippen MR) is 105 cm³/mol. The molecule has 8 nitrogen and oxygen atoms in total. The Bertz CT molecular complexity index is 1190. The first-order valence-corrected chi connectivity index (χ1v) is 11.2. The number of rotatable bonds is 5. The highest BCUT2D eigenvalue weighted by Gasteiger charge is 2.31. The summed E-state index contributed by atoms with van der Waals surface area (Å²) >= 11 is 0. The molecule has 1 aliphatic rings. The van der Waals surface area contributed by atoms with E-state index in [0.29, 0.717) is 25.2 Å². The zero-order valence-corrected chi connectivity index (χ0v) is 17.1. The fourth-order valence-corrected chi connectivity index (χ4v) is 5.76. The van der Waals surface area contributed by atoms with Crippen LogP contribution < -0.4 is 10.7 Å². The van der Waals surface area contributed by atoms with Gasteiger partial charge in [0.2, 0.25) is 0 Å². The summed E-state index contributed by atoms with van der Waals surface area (Å²) in [6.45, 7) is 5.10. The molecule has 2 atom stereocenters. The van der Waals surface area contributed by atoms with Crippen LogP contribution in [0.2, 0.25) is 0 Å². The van der Waals surface area contributed by atoms with E-state index in [2.05, 4.69) is 5.10 Å². The molecule has 28 heavy (non-hydrogen) atoms. The lowest BCUT2D eigenvalue weighted by molar-refractivity contribution is -0.916. The summed E-state index contributed by atoms with van der Waals surface area (Å²) in [5.74, 6) is 0.0290. The monoisotopic (exact) mass is 405 g/mol. The standard InChI is InChI=1S/C19H24N4O4S/c1-13-16(14(2)23(20-13)15-8-9-28(25,26)11-15)10-21(3)12-22-17-6-4-5-7-18(17)27-19(22)24/h4-7,15H,8-12H2,1-3H3/p+1/t15-/m0/s1. The molecule has 1 unspecified atom stereocenters. The smallest absolute Gasteiger partial charge is 0.408 e. The van der Waals surface area contributed by atoms with Gasteiger partial charge >= 0.3 is 5.76 Å². The van der Waals surface area contributed by atoms with Gasteiger partial charge in [-0.05, 0) is 32.4 Å². The molecule has 1 saturated heterocycles. The highest BCUT2D eigenvalue weighted by Crippen LogP contribution is 2.26. The maximum atomic E-state index is 12.2. The van der Waals surface area contributed by atoms with Crippen molar-refractivity contribution in [3.63, 3.8) is 0 Å². The Morgan fingerprint density at radius 2 is 2.04 bits per heavy atom. The minimum atomic E-state index is -2.96. The molecule has 2 aromatic heterocycles. The van der Waals surface area contributed by atoms with Crippen molar-refractivity contribution >= 4 is 20.9 Å². The van der Waals surface area contributed by atoms with Crippen molar-refractivity contribution in [2.45, 2.75) is 39.5 Å². The third kappa shape index (κ3) is 3.40. The number of sulfone groups is 1. The summed E-state index contributed by atoms with van der Waals surface area (Å²) < 4.78 is 32.5. The number of para-hydroxylation sites is 2. The first kappa shape index (κ1) is 18.9. The molecule has 1 fully saturated rings. The number of aryl methyl sites for hydroxylation is 1. The lowest BCUT2D eigenvalue weighted by Gasteiger charge is -2.15. The molecule has 1 aromatic carbocycles. The van der Waals surface area contributed by atoms with Gasteiger partial charge < -0.3 is 9.32 Å². The van der Waals surface area contributed by atoms with Crippen LogP contribution in [0.5, 0.6) is 0 Å². The molecule has 1 N–H and O–H groups in total. The third-order valence-corrected chi connectivity index (χ3v) is 7.26. The Balaban J connectivity index is 1.56. The van der Waals surface area contributed by atoms with Crippen molar-refractivity contribution in [3.8, 4) is 0 Å². The minimum Gasteiger partial charge on any atom is -0.408 e. The molecule has 0 aliphatic carbocycles. The molecule has 150 valence electrons. The first-order chi connectivity index (χ1) is 13.2.